The summed E-state index contributed by atoms with van der Waals surface area (Å²) in [6.07, 6.45) is 0. The molecule has 0 aromatic heterocycles. The molecule has 0 amide bonds. The van der Waals surface area contributed by atoms with Crippen LogP contribution in [0.2, 0.25) is 5.02 Å². The molecule has 0 spiro atoms. The van der Waals surface area contributed by atoms with Gasteiger partial charge in [-0.25, -0.2) is 4.39 Å². The highest BCUT2D eigenvalue weighted by Crippen LogP contribution is 2.19. The summed E-state index contributed by atoms with van der Waals surface area (Å²) in [6, 6.07) is 3.55. The van der Waals surface area contributed by atoms with Crippen molar-refractivity contribution in [3.8, 4) is 0 Å². The fourth-order valence-electron chi connectivity index (χ4n) is 1.00. The van der Waals surface area contributed by atoms with Crippen molar-refractivity contribution in [3.05, 3.63) is 34.6 Å². The van der Waals surface area contributed by atoms with E-state index in [1.807, 2.05) is 0 Å². The molecule has 88 valence electrons. The summed E-state index contributed by atoms with van der Waals surface area (Å²) >= 11 is 6.97. The second kappa shape index (κ2) is 6.08. The molecule has 0 saturated carbocycles. The zero-order valence-corrected chi connectivity index (χ0v) is 9.89. The fraction of sp³-hybridized carbons (Fsp3) is 0.300. The number of hydrogen-bond acceptors (Lipinski definition) is 3. The molecule has 0 aliphatic rings. The average Bonchev–Trinajstić information content (AvgIpc) is 2.23. The van der Waals surface area contributed by atoms with Gasteiger partial charge in [-0.2, -0.15) is 11.8 Å². The molecular formula is C10H11ClFNO2S. The van der Waals surface area contributed by atoms with Gasteiger partial charge in [-0.1, -0.05) is 17.7 Å². The van der Waals surface area contributed by atoms with Crippen LogP contribution >= 0.6 is 23.4 Å². The largest absolute Gasteiger partial charge is 0.480 e. The Bertz CT molecular complexity index is 389. The van der Waals surface area contributed by atoms with Crippen molar-refractivity contribution in [2.24, 2.45) is 5.73 Å². The van der Waals surface area contributed by atoms with E-state index in [2.05, 4.69) is 0 Å². The number of nitrogens with two attached hydrogens (primary N) is 1. The van der Waals surface area contributed by atoms with Crippen molar-refractivity contribution < 1.29 is 14.3 Å². The van der Waals surface area contributed by atoms with Crippen LogP contribution < -0.4 is 5.73 Å². The van der Waals surface area contributed by atoms with Crippen LogP contribution in [0.3, 0.4) is 0 Å². The molecule has 0 saturated heterocycles. The molecule has 6 heteroatoms. The Morgan fingerprint density at radius 1 is 1.62 bits per heavy atom. The highest BCUT2D eigenvalue weighted by atomic mass is 35.5. The van der Waals surface area contributed by atoms with E-state index in [4.69, 9.17) is 22.4 Å². The van der Waals surface area contributed by atoms with Crippen LogP contribution in [0.15, 0.2) is 18.2 Å². The SMILES string of the molecule is NC(CSCc1ccc(F)c(Cl)c1)C(=O)O. The van der Waals surface area contributed by atoms with Gasteiger partial charge in [0.15, 0.2) is 0 Å². The van der Waals surface area contributed by atoms with E-state index in [1.165, 1.54) is 23.9 Å². The van der Waals surface area contributed by atoms with E-state index in [9.17, 15) is 9.18 Å². The first-order chi connectivity index (χ1) is 7.50. The number of carboxylic acids is 1. The lowest BCUT2D eigenvalue weighted by atomic mass is 10.2. The minimum absolute atomic E-state index is 0.0700. The molecule has 16 heavy (non-hydrogen) atoms. The minimum atomic E-state index is -1.02. The van der Waals surface area contributed by atoms with Crippen molar-refractivity contribution in [2.45, 2.75) is 11.8 Å². The van der Waals surface area contributed by atoms with Crippen molar-refractivity contribution in [3.63, 3.8) is 0 Å². The van der Waals surface area contributed by atoms with Gasteiger partial charge in [0.05, 0.1) is 5.02 Å². The lowest BCUT2D eigenvalue weighted by Crippen LogP contribution is -2.32. The summed E-state index contributed by atoms with van der Waals surface area (Å²) in [5.41, 5.74) is 6.17. The van der Waals surface area contributed by atoms with Gasteiger partial charge >= 0.3 is 5.97 Å². The Hall–Kier alpha value is -0.780. The van der Waals surface area contributed by atoms with E-state index in [-0.39, 0.29) is 5.02 Å². The molecule has 1 aromatic carbocycles. The lowest BCUT2D eigenvalue weighted by Gasteiger charge is -2.06. The van der Waals surface area contributed by atoms with Crippen LogP contribution in [-0.4, -0.2) is 22.9 Å². The van der Waals surface area contributed by atoms with Crippen LogP contribution in [0.4, 0.5) is 4.39 Å². The predicted molar refractivity (Wildman–Crippen MR) is 63.2 cm³/mol. The van der Waals surface area contributed by atoms with Gasteiger partial charge in [-0.05, 0) is 17.7 Å². The zero-order chi connectivity index (χ0) is 12.1. The average molecular weight is 264 g/mol. The molecule has 0 radical (unpaired) electrons. The quantitative estimate of drug-likeness (QED) is 0.854. The number of carboxylic acid groups (broad SMARTS) is 1. The second-order valence-electron chi connectivity index (χ2n) is 3.21. The summed E-state index contributed by atoms with van der Waals surface area (Å²) in [4.78, 5) is 10.4. The first-order valence-corrected chi connectivity index (χ1v) is 6.04. The Morgan fingerprint density at radius 2 is 2.31 bits per heavy atom. The van der Waals surface area contributed by atoms with Crippen molar-refractivity contribution >= 4 is 29.3 Å². The van der Waals surface area contributed by atoms with Crippen LogP contribution in [0.25, 0.3) is 0 Å². The number of halogens is 2. The van der Waals surface area contributed by atoms with Gasteiger partial charge in [0, 0.05) is 11.5 Å². The Labute approximate surface area is 102 Å². The summed E-state index contributed by atoms with van der Waals surface area (Å²) in [7, 11) is 0. The summed E-state index contributed by atoms with van der Waals surface area (Å²) in [6.45, 7) is 0. The van der Waals surface area contributed by atoms with Gasteiger partial charge in [-0.3, -0.25) is 4.79 Å². The molecule has 1 atom stereocenters. The Kier molecular flexibility index (Phi) is 5.05. The van der Waals surface area contributed by atoms with Gasteiger partial charge in [0.1, 0.15) is 11.9 Å². The number of hydrogen-bond donors (Lipinski definition) is 2. The normalized spacial score (nSPS) is 12.4. The van der Waals surface area contributed by atoms with E-state index in [1.54, 1.807) is 6.07 Å². The van der Waals surface area contributed by atoms with Crippen LogP contribution in [0.5, 0.6) is 0 Å². The molecule has 0 heterocycles. The van der Waals surface area contributed by atoms with Crippen molar-refractivity contribution in [1.82, 2.24) is 0 Å². The van der Waals surface area contributed by atoms with E-state index in [0.29, 0.717) is 11.5 Å². The Balaban J connectivity index is 2.43. The molecule has 1 rings (SSSR count). The number of carbonyl (C=O) groups is 1. The zero-order valence-electron chi connectivity index (χ0n) is 8.32. The molecule has 3 N–H and O–H groups in total. The Morgan fingerprint density at radius 3 is 2.88 bits per heavy atom. The van der Waals surface area contributed by atoms with Crippen LogP contribution in [-0.2, 0) is 10.5 Å². The van der Waals surface area contributed by atoms with E-state index in [0.717, 1.165) is 5.56 Å². The van der Waals surface area contributed by atoms with Gasteiger partial charge < -0.3 is 10.8 Å². The minimum Gasteiger partial charge on any atom is -0.480 e. The fourth-order valence-corrected chi connectivity index (χ4v) is 2.14. The molecule has 0 aliphatic carbocycles. The third-order valence-electron chi connectivity index (χ3n) is 1.87. The summed E-state index contributed by atoms with van der Waals surface area (Å²) < 4.78 is 12.8. The molecule has 1 aromatic rings. The predicted octanol–water partition coefficient (Wildman–Crippen LogP) is 2.12. The van der Waals surface area contributed by atoms with Crippen LogP contribution in [0.1, 0.15) is 5.56 Å². The van der Waals surface area contributed by atoms with E-state index >= 15 is 0 Å². The summed E-state index contributed by atoms with van der Waals surface area (Å²) in [5, 5.41) is 8.62. The van der Waals surface area contributed by atoms with Crippen LogP contribution in [0, 0.1) is 5.82 Å². The standard InChI is InChI=1S/C10H11ClFNO2S/c11-7-3-6(1-2-8(7)12)4-16-5-9(13)10(14)15/h1-3,9H,4-5,13H2,(H,14,15). The molecular weight excluding hydrogens is 253 g/mol. The molecule has 0 aliphatic heterocycles. The highest BCUT2D eigenvalue weighted by Gasteiger charge is 2.11. The van der Waals surface area contributed by atoms with E-state index < -0.39 is 17.8 Å². The number of aliphatic carboxylic acids is 1. The second-order valence-corrected chi connectivity index (χ2v) is 4.65. The number of rotatable bonds is 5. The monoisotopic (exact) mass is 263 g/mol. The maximum absolute atomic E-state index is 12.8. The van der Waals surface area contributed by atoms with Gasteiger partial charge in [-0.15, -0.1) is 0 Å². The lowest BCUT2D eigenvalue weighted by molar-refractivity contribution is -0.137. The molecule has 3 nitrogen and oxygen atoms in total. The third-order valence-corrected chi connectivity index (χ3v) is 3.29. The third kappa shape index (κ3) is 4.00. The molecule has 1 unspecified atom stereocenters. The highest BCUT2D eigenvalue weighted by molar-refractivity contribution is 7.98. The number of benzene rings is 1. The molecule has 0 bridgehead atoms. The first kappa shape index (κ1) is 13.3. The van der Waals surface area contributed by atoms with Gasteiger partial charge in [0.2, 0.25) is 0 Å². The number of thioether (sulfide) groups is 1. The first-order valence-electron chi connectivity index (χ1n) is 4.50. The smallest absolute Gasteiger partial charge is 0.321 e. The van der Waals surface area contributed by atoms with Crippen molar-refractivity contribution in [1.29, 1.82) is 0 Å². The maximum atomic E-state index is 12.8. The summed E-state index contributed by atoms with van der Waals surface area (Å²) in [5.74, 6) is -0.618. The van der Waals surface area contributed by atoms with Gasteiger partial charge in [0.25, 0.3) is 0 Å². The maximum Gasteiger partial charge on any atom is 0.321 e. The topological polar surface area (TPSA) is 63.3 Å². The molecule has 0 fully saturated rings. The van der Waals surface area contributed by atoms with Crippen molar-refractivity contribution in [2.75, 3.05) is 5.75 Å².